The lowest BCUT2D eigenvalue weighted by Gasteiger charge is -2.12. The molecule has 0 saturated heterocycles. The first-order valence-corrected chi connectivity index (χ1v) is 6.30. The first-order chi connectivity index (χ1) is 8.38. The second-order valence-electron chi connectivity index (χ2n) is 4.03. The molecular formula is C11H11FIN3O2. The fourth-order valence-corrected chi connectivity index (χ4v) is 1.92. The standard InChI is InChI=1S/C11H11FIN3O2/c1-11(12,13)8-4-2-7(3-5-8)6-16-9(17)14-15-10(16)18/h2-5H,6H2,1H3,(H,14,17)(H,15,18). The van der Waals surface area contributed by atoms with Gasteiger partial charge in [-0.3, -0.25) is 0 Å². The average Bonchev–Trinajstić information content (AvgIpc) is 2.60. The number of aromatic nitrogens is 3. The van der Waals surface area contributed by atoms with Crippen LogP contribution in [0.4, 0.5) is 4.39 Å². The zero-order valence-corrected chi connectivity index (χ0v) is 11.7. The first kappa shape index (κ1) is 13.1. The summed E-state index contributed by atoms with van der Waals surface area (Å²) in [5.41, 5.74) is 0.315. The highest BCUT2D eigenvalue weighted by Crippen LogP contribution is 2.32. The van der Waals surface area contributed by atoms with Crippen molar-refractivity contribution in [1.82, 2.24) is 14.8 Å². The van der Waals surface area contributed by atoms with Crippen LogP contribution in [-0.4, -0.2) is 14.8 Å². The van der Waals surface area contributed by atoms with Crippen LogP contribution in [0, 0.1) is 0 Å². The summed E-state index contributed by atoms with van der Waals surface area (Å²) in [6.07, 6.45) is 0. The molecule has 0 aliphatic carbocycles. The van der Waals surface area contributed by atoms with Gasteiger partial charge in [0, 0.05) is 0 Å². The summed E-state index contributed by atoms with van der Waals surface area (Å²) < 4.78 is 13.2. The maximum absolute atomic E-state index is 13.6. The number of nitrogens with zero attached hydrogens (tertiary/aromatic N) is 1. The lowest BCUT2D eigenvalue weighted by molar-refractivity contribution is 0.349. The van der Waals surface area contributed by atoms with Gasteiger partial charge in [0.05, 0.1) is 6.54 Å². The summed E-state index contributed by atoms with van der Waals surface area (Å²) in [6, 6.07) is 6.69. The molecule has 0 fully saturated rings. The molecule has 2 rings (SSSR count). The van der Waals surface area contributed by atoms with Crippen molar-refractivity contribution in [3.8, 4) is 0 Å². The number of rotatable bonds is 3. The molecule has 0 aliphatic rings. The topological polar surface area (TPSA) is 70.7 Å². The summed E-state index contributed by atoms with van der Waals surface area (Å²) in [6.45, 7) is 1.62. The highest BCUT2D eigenvalue weighted by molar-refractivity contribution is 14.1. The monoisotopic (exact) mass is 363 g/mol. The van der Waals surface area contributed by atoms with Gasteiger partial charge in [-0.25, -0.2) is 28.7 Å². The van der Waals surface area contributed by atoms with Gasteiger partial charge in [0.2, 0.25) is 0 Å². The molecule has 2 aromatic rings. The first-order valence-electron chi connectivity index (χ1n) is 5.22. The Balaban J connectivity index is 2.27. The highest BCUT2D eigenvalue weighted by atomic mass is 127. The average molecular weight is 363 g/mol. The fourth-order valence-electron chi connectivity index (χ4n) is 1.56. The number of hydrogen-bond donors (Lipinski definition) is 2. The zero-order valence-electron chi connectivity index (χ0n) is 9.54. The Kier molecular flexibility index (Phi) is 3.42. The van der Waals surface area contributed by atoms with Gasteiger partial charge in [0.25, 0.3) is 0 Å². The van der Waals surface area contributed by atoms with E-state index in [9.17, 15) is 14.0 Å². The molecule has 2 N–H and O–H groups in total. The minimum atomic E-state index is -1.43. The summed E-state index contributed by atoms with van der Waals surface area (Å²) in [5.74, 6) is 0. The Morgan fingerprint density at radius 3 is 2.17 bits per heavy atom. The zero-order chi connectivity index (χ0) is 13.3. The van der Waals surface area contributed by atoms with E-state index in [0.717, 1.165) is 10.1 Å². The quantitative estimate of drug-likeness (QED) is 0.641. The molecule has 5 nitrogen and oxygen atoms in total. The van der Waals surface area contributed by atoms with Gasteiger partial charge >= 0.3 is 11.4 Å². The third-order valence-corrected chi connectivity index (χ3v) is 3.19. The number of nitrogens with one attached hydrogen (secondary N) is 2. The molecule has 0 radical (unpaired) electrons. The predicted molar refractivity (Wildman–Crippen MR) is 73.7 cm³/mol. The molecule has 0 saturated carbocycles. The van der Waals surface area contributed by atoms with Crippen LogP contribution in [0.5, 0.6) is 0 Å². The summed E-state index contributed by atoms with van der Waals surface area (Å²) in [4.78, 5) is 22.6. The van der Waals surface area contributed by atoms with Crippen LogP contribution >= 0.6 is 22.6 Å². The van der Waals surface area contributed by atoms with E-state index in [1.807, 2.05) is 0 Å². The number of H-pyrrole nitrogens is 2. The third-order valence-electron chi connectivity index (χ3n) is 2.57. The van der Waals surface area contributed by atoms with Gasteiger partial charge in [0.15, 0.2) is 3.68 Å². The molecule has 0 aliphatic heterocycles. The van der Waals surface area contributed by atoms with Gasteiger partial charge in [0.1, 0.15) is 0 Å². The Labute approximate surface area is 115 Å². The predicted octanol–water partition coefficient (Wildman–Crippen LogP) is 1.49. The lowest BCUT2D eigenvalue weighted by Crippen LogP contribution is -2.27. The van der Waals surface area contributed by atoms with Crippen LogP contribution in [0.2, 0.25) is 0 Å². The Bertz CT molecular complexity index is 621. The van der Waals surface area contributed by atoms with Crippen molar-refractivity contribution in [2.45, 2.75) is 17.1 Å². The van der Waals surface area contributed by atoms with Gasteiger partial charge < -0.3 is 0 Å². The van der Waals surface area contributed by atoms with Gasteiger partial charge in [-0.2, -0.15) is 0 Å². The summed E-state index contributed by atoms with van der Waals surface area (Å²) in [5, 5.41) is 4.40. The number of halogens is 2. The molecule has 1 unspecified atom stereocenters. The fraction of sp³-hybridized carbons (Fsp3) is 0.273. The van der Waals surface area contributed by atoms with Crippen LogP contribution in [0.3, 0.4) is 0 Å². The minimum Gasteiger partial charge on any atom is -0.247 e. The molecule has 18 heavy (non-hydrogen) atoms. The Hall–Kier alpha value is -1.38. The molecule has 0 spiro atoms. The van der Waals surface area contributed by atoms with Crippen LogP contribution in [-0.2, 0) is 10.2 Å². The molecule has 1 aromatic carbocycles. The number of hydrogen-bond acceptors (Lipinski definition) is 2. The SMILES string of the molecule is CC(F)(I)c1ccc(Cn2c(=O)[nH][nH]c2=O)cc1. The van der Waals surface area contributed by atoms with E-state index in [-0.39, 0.29) is 6.54 Å². The summed E-state index contributed by atoms with van der Waals surface area (Å²) in [7, 11) is 0. The van der Waals surface area contributed by atoms with Gasteiger partial charge in [-0.05, 0) is 40.6 Å². The normalized spacial score (nSPS) is 14.4. The molecule has 7 heteroatoms. The smallest absolute Gasteiger partial charge is 0.247 e. The second-order valence-corrected chi connectivity index (χ2v) is 6.06. The van der Waals surface area contributed by atoms with E-state index in [1.54, 1.807) is 46.9 Å². The lowest BCUT2D eigenvalue weighted by atomic mass is 10.1. The van der Waals surface area contributed by atoms with Crippen molar-refractivity contribution in [1.29, 1.82) is 0 Å². The third kappa shape index (κ3) is 2.71. The molecule has 96 valence electrons. The maximum Gasteiger partial charge on any atom is 0.344 e. The number of aromatic amines is 2. The van der Waals surface area contributed by atoms with E-state index >= 15 is 0 Å². The molecular weight excluding hydrogens is 352 g/mol. The minimum absolute atomic E-state index is 0.155. The van der Waals surface area contributed by atoms with Crippen LogP contribution in [0.25, 0.3) is 0 Å². The van der Waals surface area contributed by atoms with Crippen LogP contribution in [0.15, 0.2) is 33.9 Å². The largest absolute Gasteiger partial charge is 0.344 e. The van der Waals surface area contributed by atoms with E-state index in [1.165, 1.54) is 6.92 Å². The van der Waals surface area contributed by atoms with E-state index in [0.29, 0.717) is 5.56 Å². The van der Waals surface area contributed by atoms with Crippen molar-refractivity contribution in [3.63, 3.8) is 0 Å². The molecule has 1 atom stereocenters. The van der Waals surface area contributed by atoms with E-state index < -0.39 is 15.1 Å². The van der Waals surface area contributed by atoms with E-state index in [4.69, 9.17) is 0 Å². The molecule has 0 amide bonds. The van der Waals surface area contributed by atoms with Crippen LogP contribution < -0.4 is 11.4 Å². The van der Waals surface area contributed by atoms with Crippen molar-refractivity contribution < 1.29 is 4.39 Å². The number of alkyl halides is 2. The number of benzene rings is 1. The molecule has 1 aromatic heterocycles. The van der Waals surface area contributed by atoms with Crippen molar-refractivity contribution in [2.75, 3.05) is 0 Å². The Morgan fingerprint density at radius 1 is 1.22 bits per heavy atom. The van der Waals surface area contributed by atoms with Gasteiger partial charge in [-0.1, -0.05) is 24.3 Å². The highest BCUT2D eigenvalue weighted by Gasteiger charge is 2.20. The van der Waals surface area contributed by atoms with Crippen molar-refractivity contribution >= 4 is 22.6 Å². The second kappa shape index (κ2) is 4.71. The van der Waals surface area contributed by atoms with Crippen molar-refractivity contribution in [3.05, 3.63) is 56.4 Å². The van der Waals surface area contributed by atoms with E-state index in [2.05, 4.69) is 10.2 Å². The summed E-state index contributed by atoms with van der Waals surface area (Å²) >= 11 is 1.71. The van der Waals surface area contributed by atoms with Crippen LogP contribution in [0.1, 0.15) is 18.1 Å². The van der Waals surface area contributed by atoms with Gasteiger partial charge in [-0.15, -0.1) is 0 Å². The maximum atomic E-state index is 13.6. The molecule has 0 bridgehead atoms. The molecule has 1 heterocycles. The Morgan fingerprint density at radius 2 is 1.72 bits per heavy atom. The van der Waals surface area contributed by atoms with Crippen molar-refractivity contribution in [2.24, 2.45) is 0 Å².